The Morgan fingerprint density at radius 1 is 1.11 bits per heavy atom. The summed E-state index contributed by atoms with van der Waals surface area (Å²) in [6.45, 7) is 4.54. The molecule has 5 rings (SSSR count). The number of imidazole rings is 1. The van der Waals surface area contributed by atoms with Crippen molar-refractivity contribution in [1.82, 2.24) is 14.4 Å². The van der Waals surface area contributed by atoms with Gasteiger partial charge in [-0.1, -0.05) is 44.8 Å². The SMILES string of the molecule is CCc1nc2c(-c3ccc(Br)cc3Br)nccn2c1N(CC1CC1)CC1CC1. The Labute approximate surface area is 182 Å². The van der Waals surface area contributed by atoms with Crippen molar-refractivity contribution < 1.29 is 0 Å². The molecule has 3 aromatic rings. The molecule has 4 nitrogen and oxygen atoms in total. The second kappa shape index (κ2) is 7.45. The average Bonchev–Trinajstić information content (AvgIpc) is 3.61. The van der Waals surface area contributed by atoms with Crippen molar-refractivity contribution in [2.45, 2.75) is 39.0 Å². The molecule has 1 aromatic carbocycles. The minimum Gasteiger partial charge on any atom is -0.356 e. The molecule has 2 heterocycles. The fourth-order valence-corrected chi connectivity index (χ4v) is 5.16. The van der Waals surface area contributed by atoms with E-state index in [1.165, 1.54) is 37.2 Å². The summed E-state index contributed by atoms with van der Waals surface area (Å²) in [5.74, 6) is 3.00. The van der Waals surface area contributed by atoms with Gasteiger partial charge in [-0.15, -0.1) is 0 Å². The maximum atomic E-state index is 5.07. The van der Waals surface area contributed by atoms with Crippen LogP contribution in [0.4, 0.5) is 5.82 Å². The minimum absolute atomic E-state index is 0.857. The van der Waals surface area contributed by atoms with Crippen molar-refractivity contribution >= 4 is 43.3 Å². The number of nitrogens with zero attached hydrogens (tertiary/aromatic N) is 4. The maximum absolute atomic E-state index is 5.07. The van der Waals surface area contributed by atoms with E-state index in [1.54, 1.807) is 0 Å². The van der Waals surface area contributed by atoms with E-state index in [-0.39, 0.29) is 0 Å². The number of fused-ring (bicyclic) bond motifs is 1. The van der Waals surface area contributed by atoms with E-state index in [9.17, 15) is 0 Å². The summed E-state index contributed by atoms with van der Waals surface area (Å²) < 4.78 is 4.35. The van der Waals surface area contributed by atoms with Gasteiger partial charge in [0.15, 0.2) is 5.65 Å². The first-order valence-electron chi connectivity index (χ1n) is 10.2. The van der Waals surface area contributed by atoms with Crippen LogP contribution in [0.3, 0.4) is 0 Å². The average molecular weight is 504 g/mol. The zero-order valence-corrected chi connectivity index (χ0v) is 19.2. The van der Waals surface area contributed by atoms with Gasteiger partial charge in [-0.2, -0.15) is 0 Å². The van der Waals surface area contributed by atoms with Crippen LogP contribution in [0.15, 0.2) is 39.5 Å². The molecule has 146 valence electrons. The number of halogens is 2. The van der Waals surface area contributed by atoms with Crippen molar-refractivity contribution in [2.24, 2.45) is 11.8 Å². The van der Waals surface area contributed by atoms with Crippen LogP contribution in [0.25, 0.3) is 16.9 Å². The molecule has 0 saturated heterocycles. The van der Waals surface area contributed by atoms with E-state index in [4.69, 9.17) is 9.97 Å². The van der Waals surface area contributed by atoms with Crippen LogP contribution in [0.2, 0.25) is 0 Å². The van der Waals surface area contributed by atoms with Crippen molar-refractivity contribution in [3.05, 3.63) is 45.2 Å². The molecule has 0 spiro atoms. The molecule has 28 heavy (non-hydrogen) atoms. The van der Waals surface area contributed by atoms with Gasteiger partial charge in [-0.05, 0) is 56.1 Å². The third kappa shape index (κ3) is 3.61. The maximum Gasteiger partial charge on any atom is 0.165 e. The molecule has 0 unspecified atom stereocenters. The number of anilines is 1. The number of hydrogen-bond acceptors (Lipinski definition) is 3. The van der Waals surface area contributed by atoms with Crippen molar-refractivity contribution in [3.63, 3.8) is 0 Å². The van der Waals surface area contributed by atoms with Gasteiger partial charge in [0, 0.05) is 40.0 Å². The fourth-order valence-electron chi connectivity index (χ4n) is 3.93. The fraction of sp³-hybridized carbons (Fsp3) is 0.455. The van der Waals surface area contributed by atoms with Gasteiger partial charge in [0.2, 0.25) is 0 Å². The second-order valence-corrected chi connectivity index (χ2v) is 9.89. The third-order valence-corrected chi connectivity index (χ3v) is 6.91. The summed E-state index contributed by atoms with van der Waals surface area (Å²) in [5.41, 5.74) is 4.14. The first-order chi connectivity index (χ1) is 13.6. The van der Waals surface area contributed by atoms with Crippen LogP contribution in [-0.4, -0.2) is 27.5 Å². The van der Waals surface area contributed by atoms with Gasteiger partial charge in [0.1, 0.15) is 11.5 Å². The quantitative estimate of drug-likeness (QED) is 0.390. The molecule has 2 aromatic heterocycles. The van der Waals surface area contributed by atoms with Gasteiger partial charge in [-0.3, -0.25) is 9.38 Å². The van der Waals surface area contributed by atoms with Gasteiger partial charge in [0.05, 0.1) is 5.69 Å². The minimum atomic E-state index is 0.857. The van der Waals surface area contributed by atoms with Gasteiger partial charge < -0.3 is 4.90 Å². The molecule has 0 atom stereocenters. The molecule has 2 aliphatic rings. The van der Waals surface area contributed by atoms with E-state index < -0.39 is 0 Å². The van der Waals surface area contributed by atoms with E-state index in [0.29, 0.717) is 0 Å². The molecular weight excluding hydrogens is 480 g/mol. The standard InChI is InChI=1S/C22H24Br2N4/c1-2-19-22(27(12-14-3-4-14)13-15-5-6-15)28-10-9-25-20(21(28)26-19)17-8-7-16(23)11-18(17)24/h7-11,14-15H,2-6,12-13H2,1H3. The lowest BCUT2D eigenvalue weighted by Gasteiger charge is -2.25. The Bertz CT molecular complexity index is 1010. The smallest absolute Gasteiger partial charge is 0.165 e. The van der Waals surface area contributed by atoms with E-state index in [2.05, 4.69) is 72.5 Å². The van der Waals surface area contributed by atoms with Crippen molar-refractivity contribution in [2.75, 3.05) is 18.0 Å². The van der Waals surface area contributed by atoms with E-state index in [0.717, 1.165) is 57.2 Å². The van der Waals surface area contributed by atoms with Crippen LogP contribution in [0, 0.1) is 11.8 Å². The highest BCUT2D eigenvalue weighted by atomic mass is 79.9. The van der Waals surface area contributed by atoms with E-state index >= 15 is 0 Å². The normalized spacial score (nSPS) is 16.7. The zero-order valence-electron chi connectivity index (χ0n) is 16.0. The highest BCUT2D eigenvalue weighted by Crippen LogP contribution is 2.38. The zero-order chi connectivity index (χ0) is 19.3. The van der Waals surface area contributed by atoms with Gasteiger partial charge >= 0.3 is 0 Å². The summed E-state index contributed by atoms with van der Waals surface area (Å²) in [6.07, 6.45) is 10.4. The largest absolute Gasteiger partial charge is 0.356 e. The molecule has 6 heteroatoms. The highest BCUT2D eigenvalue weighted by Gasteiger charge is 2.32. The lowest BCUT2D eigenvalue weighted by molar-refractivity contribution is 0.665. The summed E-state index contributed by atoms with van der Waals surface area (Å²) in [5, 5.41) is 0. The van der Waals surface area contributed by atoms with E-state index in [1.807, 2.05) is 6.20 Å². The summed E-state index contributed by atoms with van der Waals surface area (Å²) in [7, 11) is 0. The van der Waals surface area contributed by atoms with Crippen LogP contribution >= 0.6 is 31.9 Å². The number of hydrogen-bond donors (Lipinski definition) is 0. The topological polar surface area (TPSA) is 33.4 Å². The molecule has 0 radical (unpaired) electrons. The summed E-state index contributed by atoms with van der Waals surface area (Å²) in [4.78, 5) is 12.4. The lowest BCUT2D eigenvalue weighted by atomic mass is 10.1. The number of benzene rings is 1. The van der Waals surface area contributed by atoms with Gasteiger partial charge in [-0.25, -0.2) is 4.98 Å². The molecule has 2 aliphatic carbocycles. The van der Waals surface area contributed by atoms with Crippen molar-refractivity contribution in [3.8, 4) is 11.3 Å². The van der Waals surface area contributed by atoms with Crippen LogP contribution in [0.5, 0.6) is 0 Å². The van der Waals surface area contributed by atoms with Crippen molar-refractivity contribution in [1.29, 1.82) is 0 Å². The molecule has 2 saturated carbocycles. The molecule has 0 aliphatic heterocycles. The third-order valence-electron chi connectivity index (χ3n) is 5.76. The Balaban J connectivity index is 1.65. The van der Waals surface area contributed by atoms with Crippen LogP contribution < -0.4 is 4.90 Å². The Kier molecular flexibility index (Phi) is 4.95. The Hall–Kier alpha value is -1.40. The monoisotopic (exact) mass is 502 g/mol. The predicted molar refractivity (Wildman–Crippen MR) is 121 cm³/mol. The van der Waals surface area contributed by atoms with Crippen LogP contribution in [0.1, 0.15) is 38.3 Å². The summed E-state index contributed by atoms with van der Waals surface area (Å²) in [6, 6.07) is 6.22. The molecule has 2 fully saturated rings. The lowest BCUT2D eigenvalue weighted by Crippen LogP contribution is -2.30. The number of rotatable bonds is 7. The van der Waals surface area contributed by atoms with Crippen LogP contribution in [-0.2, 0) is 6.42 Å². The molecular formula is C22H24Br2N4. The number of aryl methyl sites for hydroxylation is 1. The molecule has 0 bridgehead atoms. The first-order valence-corrected chi connectivity index (χ1v) is 11.8. The highest BCUT2D eigenvalue weighted by molar-refractivity contribution is 9.11. The van der Waals surface area contributed by atoms with Gasteiger partial charge in [0.25, 0.3) is 0 Å². The second-order valence-electron chi connectivity index (χ2n) is 8.12. The molecule has 0 amide bonds. The Morgan fingerprint density at radius 2 is 1.82 bits per heavy atom. The predicted octanol–water partition coefficient (Wildman–Crippen LogP) is 6.11. The summed E-state index contributed by atoms with van der Waals surface area (Å²) >= 11 is 7.25. The number of aromatic nitrogens is 3. The first kappa shape index (κ1) is 18.6. The molecule has 0 N–H and O–H groups in total. The Morgan fingerprint density at radius 3 is 2.43 bits per heavy atom.